The van der Waals surface area contributed by atoms with E-state index in [0.717, 1.165) is 35.9 Å². The Balaban J connectivity index is 1.72. The summed E-state index contributed by atoms with van der Waals surface area (Å²) in [5.41, 5.74) is 8.55. The zero-order chi connectivity index (χ0) is 20.6. The lowest BCUT2D eigenvalue weighted by Gasteiger charge is -2.29. The summed E-state index contributed by atoms with van der Waals surface area (Å²) in [5.74, 6) is 0. The highest BCUT2D eigenvalue weighted by molar-refractivity contribution is 5.92. The van der Waals surface area contributed by atoms with Crippen molar-refractivity contribution in [3.63, 3.8) is 0 Å². The molecule has 1 fully saturated rings. The van der Waals surface area contributed by atoms with Crippen molar-refractivity contribution in [3.05, 3.63) is 41.7 Å². The fourth-order valence-corrected chi connectivity index (χ4v) is 3.51. The molecule has 1 aliphatic rings. The molecule has 1 aliphatic carbocycles. The number of nitrogens with one attached hydrogen (secondary N) is 2. The molecule has 29 heavy (non-hydrogen) atoms. The summed E-state index contributed by atoms with van der Waals surface area (Å²) in [6, 6.07) is 7.85. The highest BCUT2D eigenvalue weighted by Crippen LogP contribution is 2.41. The fourth-order valence-electron chi connectivity index (χ4n) is 3.51. The summed E-state index contributed by atoms with van der Waals surface area (Å²) in [7, 11) is 0. The van der Waals surface area contributed by atoms with Crippen LogP contribution in [0.1, 0.15) is 36.4 Å². The molecule has 0 atom stereocenters. The van der Waals surface area contributed by atoms with Crippen LogP contribution in [0.5, 0.6) is 0 Å². The van der Waals surface area contributed by atoms with Crippen LogP contribution in [0.15, 0.2) is 30.6 Å². The molecule has 0 aromatic carbocycles. The number of aryl methyl sites for hydroxylation is 1. The van der Waals surface area contributed by atoms with Gasteiger partial charge in [-0.05, 0) is 49.9 Å². The van der Waals surface area contributed by atoms with Crippen LogP contribution in [0.25, 0.3) is 22.4 Å². The standard InChI is InChI=1S/C20H19F3N6/c1-12-7-15-16(8-24)18(29(14-3-2-4-14)19(15)26-9-12)17-6-5-13(10-25-17)28-27-11-20(21,22)23/h5-7,9-10,14,27-28H,2-4,11H2,1H3. The molecule has 150 valence electrons. The Labute approximate surface area is 165 Å². The van der Waals surface area contributed by atoms with Gasteiger partial charge < -0.3 is 9.99 Å². The topological polar surface area (TPSA) is 78.6 Å². The Hall–Kier alpha value is -3.12. The van der Waals surface area contributed by atoms with Gasteiger partial charge in [-0.1, -0.05) is 0 Å². The number of aromatic nitrogens is 3. The van der Waals surface area contributed by atoms with Crippen LogP contribution in [0, 0.1) is 18.3 Å². The van der Waals surface area contributed by atoms with Crippen LogP contribution in [-0.4, -0.2) is 27.3 Å². The zero-order valence-corrected chi connectivity index (χ0v) is 15.7. The fraction of sp³-hybridized carbons (Fsp3) is 0.350. The third kappa shape index (κ3) is 3.76. The molecule has 3 aromatic rings. The maximum absolute atomic E-state index is 12.3. The van der Waals surface area contributed by atoms with Gasteiger partial charge in [-0.15, -0.1) is 0 Å². The van der Waals surface area contributed by atoms with Crippen molar-refractivity contribution in [1.29, 1.82) is 5.26 Å². The molecule has 0 aliphatic heterocycles. The minimum Gasteiger partial charge on any atom is -0.320 e. The SMILES string of the molecule is Cc1cnc2c(c1)c(C#N)c(-c1ccc(NNCC(F)(F)F)cn1)n2C1CCC1. The van der Waals surface area contributed by atoms with Crippen LogP contribution in [-0.2, 0) is 0 Å². The van der Waals surface area contributed by atoms with Gasteiger partial charge in [-0.25, -0.2) is 10.4 Å². The van der Waals surface area contributed by atoms with Crippen molar-refractivity contribution < 1.29 is 13.2 Å². The van der Waals surface area contributed by atoms with E-state index < -0.39 is 12.7 Å². The Kier molecular flexibility index (Phi) is 4.88. The van der Waals surface area contributed by atoms with Crippen LogP contribution >= 0.6 is 0 Å². The highest BCUT2D eigenvalue weighted by Gasteiger charge is 2.29. The molecule has 1 saturated carbocycles. The highest BCUT2D eigenvalue weighted by atomic mass is 19.4. The molecule has 3 heterocycles. The van der Waals surface area contributed by atoms with E-state index >= 15 is 0 Å². The molecule has 0 bridgehead atoms. The predicted molar refractivity (Wildman–Crippen MR) is 103 cm³/mol. The molecule has 0 amide bonds. The van der Waals surface area contributed by atoms with Gasteiger partial charge in [0.1, 0.15) is 18.3 Å². The van der Waals surface area contributed by atoms with Gasteiger partial charge in [0.15, 0.2) is 0 Å². The lowest BCUT2D eigenvalue weighted by molar-refractivity contribution is -0.123. The van der Waals surface area contributed by atoms with Crippen molar-refractivity contribution in [2.75, 3.05) is 12.0 Å². The first kappa shape index (κ1) is 19.2. The Morgan fingerprint density at radius 1 is 1.24 bits per heavy atom. The maximum Gasteiger partial charge on any atom is 0.402 e. The third-order valence-electron chi connectivity index (χ3n) is 5.06. The second kappa shape index (κ2) is 7.37. The predicted octanol–water partition coefficient (Wildman–Crippen LogP) is 4.48. The zero-order valence-electron chi connectivity index (χ0n) is 15.7. The minimum absolute atomic E-state index is 0.262. The number of nitriles is 1. The summed E-state index contributed by atoms with van der Waals surface area (Å²) >= 11 is 0. The average molecular weight is 400 g/mol. The first-order valence-electron chi connectivity index (χ1n) is 9.30. The van der Waals surface area contributed by atoms with E-state index in [1.165, 1.54) is 6.20 Å². The van der Waals surface area contributed by atoms with Gasteiger partial charge in [0, 0.05) is 17.6 Å². The van der Waals surface area contributed by atoms with Gasteiger partial charge in [-0.2, -0.15) is 18.4 Å². The summed E-state index contributed by atoms with van der Waals surface area (Å²) in [5, 5.41) is 10.7. The number of nitrogens with zero attached hydrogens (tertiary/aromatic N) is 4. The largest absolute Gasteiger partial charge is 0.402 e. The number of pyridine rings is 2. The first-order chi connectivity index (χ1) is 13.9. The van der Waals surface area contributed by atoms with E-state index in [2.05, 4.69) is 31.5 Å². The van der Waals surface area contributed by atoms with Crippen molar-refractivity contribution in [1.82, 2.24) is 20.0 Å². The molecule has 2 N–H and O–H groups in total. The van der Waals surface area contributed by atoms with E-state index in [-0.39, 0.29) is 6.04 Å². The van der Waals surface area contributed by atoms with E-state index in [9.17, 15) is 18.4 Å². The lowest BCUT2D eigenvalue weighted by atomic mass is 9.92. The van der Waals surface area contributed by atoms with E-state index in [1.807, 2.05) is 13.0 Å². The van der Waals surface area contributed by atoms with Crippen LogP contribution in [0.2, 0.25) is 0 Å². The van der Waals surface area contributed by atoms with Crippen LogP contribution in [0.4, 0.5) is 18.9 Å². The van der Waals surface area contributed by atoms with Crippen LogP contribution < -0.4 is 10.9 Å². The molecule has 0 radical (unpaired) electrons. The van der Waals surface area contributed by atoms with Gasteiger partial charge in [0.05, 0.1) is 28.8 Å². The number of fused-ring (bicyclic) bond motifs is 1. The number of alkyl halides is 3. The van der Waals surface area contributed by atoms with Gasteiger partial charge in [0.25, 0.3) is 0 Å². The molecule has 4 rings (SSSR count). The van der Waals surface area contributed by atoms with Crippen LogP contribution in [0.3, 0.4) is 0 Å². The minimum atomic E-state index is -4.31. The van der Waals surface area contributed by atoms with E-state index in [1.54, 1.807) is 18.3 Å². The second-order valence-electron chi connectivity index (χ2n) is 7.20. The average Bonchev–Trinajstić information content (AvgIpc) is 2.93. The normalized spacial score (nSPS) is 14.6. The monoisotopic (exact) mass is 400 g/mol. The second-order valence-corrected chi connectivity index (χ2v) is 7.20. The smallest absolute Gasteiger partial charge is 0.320 e. The third-order valence-corrected chi connectivity index (χ3v) is 5.06. The summed E-state index contributed by atoms with van der Waals surface area (Å²) in [6.07, 6.45) is 2.07. The quantitative estimate of drug-likeness (QED) is 0.618. The molecular weight excluding hydrogens is 381 g/mol. The lowest BCUT2D eigenvalue weighted by Crippen LogP contribution is -2.32. The van der Waals surface area contributed by atoms with Crippen molar-refractivity contribution in [3.8, 4) is 17.5 Å². The van der Waals surface area contributed by atoms with E-state index in [0.29, 0.717) is 22.6 Å². The molecule has 9 heteroatoms. The number of hydrogen-bond donors (Lipinski definition) is 2. The molecule has 0 spiro atoms. The maximum atomic E-state index is 12.3. The summed E-state index contributed by atoms with van der Waals surface area (Å²) in [6.45, 7) is 0.773. The summed E-state index contributed by atoms with van der Waals surface area (Å²) in [4.78, 5) is 8.98. The number of hydrazine groups is 1. The van der Waals surface area contributed by atoms with E-state index in [4.69, 9.17) is 0 Å². The van der Waals surface area contributed by atoms with Crippen molar-refractivity contribution in [2.45, 2.75) is 38.4 Å². The van der Waals surface area contributed by atoms with Gasteiger partial charge >= 0.3 is 6.18 Å². The number of anilines is 1. The Morgan fingerprint density at radius 2 is 2.03 bits per heavy atom. The first-order valence-corrected chi connectivity index (χ1v) is 9.30. The van der Waals surface area contributed by atoms with Gasteiger partial charge in [-0.3, -0.25) is 4.98 Å². The number of hydrogen-bond acceptors (Lipinski definition) is 5. The molecule has 6 nitrogen and oxygen atoms in total. The van der Waals surface area contributed by atoms with Crippen molar-refractivity contribution in [2.24, 2.45) is 0 Å². The molecular formula is C20H19F3N6. The van der Waals surface area contributed by atoms with Crippen molar-refractivity contribution >= 4 is 16.7 Å². The molecule has 0 unspecified atom stereocenters. The number of rotatable bonds is 5. The number of halogens is 3. The molecule has 0 saturated heterocycles. The Bertz CT molecular complexity index is 1070. The molecule has 3 aromatic heterocycles. The van der Waals surface area contributed by atoms with Gasteiger partial charge in [0.2, 0.25) is 0 Å². The Morgan fingerprint density at radius 3 is 2.62 bits per heavy atom. The summed E-state index contributed by atoms with van der Waals surface area (Å²) < 4.78 is 38.9.